The lowest BCUT2D eigenvalue weighted by molar-refractivity contribution is 0.999. The van der Waals surface area contributed by atoms with Crippen molar-refractivity contribution in [2.45, 2.75) is 12.8 Å². The van der Waals surface area contributed by atoms with Gasteiger partial charge in [-0.3, -0.25) is 0 Å². The molecule has 0 radical (unpaired) electrons. The molecule has 0 bridgehead atoms. The lowest BCUT2D eigenvalue weighted by atomic mass is 9.84. The molecule has 256 valence electrons. The fraction of sp³-hybridized carbons (Fsp3) is 0.0385. The molecule has 2 heteroatoms. The van der Waals surface area contributed by atoms with E-state index >= 15 is 0 Å². The Morgan fingerprint density at radius 2 is 0.611 bits per heavy atom. The van der Waals surface area contributed by atoms with E-state index in [0.29, 0.717) is 0 Å². The van der Waals surface area contributed by atoms with Crippen LogP contribution in [0.5, 0.6) is 0 Å². The summed E-state index contributed by atoms with van der Waals surface area (Å²) >= 11 is 0. The zero-order valence-electron chi connectivity index (χ0n) is 29.9. The fourth-order valence-corrected chi connectivity index (χ4v) is 8.54. The van der Waals surface area contributed by atoms with E-state index in [-0.39, 0.29) is 0 Å². The first-order valence-corrected chi connectivity index (χ1v) is 18.9. The molecule has 1 aliphatic carbocycles. The van der Waals surface area contributed by atoms with Crippen LogP contribution >= 0.6 is 0 Å². The average molecular weight is 691 g/mol. The first-order valence-electron chi connectivity index (χ1n) is 18.9. The number of anilines is 5. The van der Waals surface area contributed by atoms with Crippen LogP contribution in [0, 0.1) is 0 Å². The van der Waals surface area contributed by atoms with Crippen molar-refractivity contribution in [3.8, 4) is 11.1 Å². The topological polar surface area (TPSA) is 6.48 Å². The van der Waals surface area contributed by atoms with Crippen LogP contribution in [0.1, 0.15) is 12.8 Å². The van der Waals surface area contributed by atoms with Crippen LogP contribution in [-0.2, 0) is 0 Å². The zero-order valence-corrected chi connectivity index (χ0v) is 29.9. The van der Waals surface area contributed by atoms with E-state index in [9.17, 15) is 0 Å². The quantitative estimate of drug-likeness (QED) is 0.154. The average Bonchev–Trinajstić information content (AvgIpc) is 3.25. The maximum atomic E-state index is 2.47. The van der Waals surface area contributed by atoms with Gasteiger partial charge in [0.2, 0.25) is 0 Å². The molecule has 9 aromatic rings. The largest absolute Gasteiger partial charge is 0.310 e. The minimum atomic E-state index is 1.02. The molecule has 0 saturated carbocycles. The van der Waals surface area contributed by atoms with Crippen molar-refractivity contribution in [1.29, 1.82) is 0 Å². The Bertz CT molecular complexity index is 2720. The molecule has 0 unspecified atom stereocenters. The summed E-state index contributed by atoms with van der Waals surface area (Å²) in [4.78, 5) is 4.90. The Morgan fingerprint density at radius 3 is 0.963 bits per heavy atom. The Hall–Kier alpha value is -6.90. The predicted molar refractivity (Wildman–Crippen MR) is 232 cm³/mol. The Morgan fingerprint density at radius 1 is 0.296 bits per heavy atom. The van der Waals surface area contributed by atoms with Crippen molar-refractivity contribution >= 4 is 71.5 Å². The zero-order chi connectivity index (χ0) is 35.8. The van der Waals surface area contributed by atoms with E-state index in [4.69, 9.17) is 0 Å². The number of rotatable bonds is 7. The lowest BCUT2D eigenvalue weighted by Crippen LogP contribution is -2.17. The van der Waals surface area contributed by atoms with Crippen molar-refractivity contribution in [1.82, 2.24) is 0 Å². The van der Waals surface area contributed by atoms with Gasteiger partial charge in [-0.2, -0.15) is 0 Å². The number of hydrogen-bond acceptors (Lipinski definition) is 2. The molecule has 54 heavy (non-hydrogen) atoms. The second kappa shape index (κ2) is 13.6. The number of para-hydroxylation sites is 3. The number of allylic oxidation sites excluding steroid dienone is 3. The van der Waals surface area contributed by atoms with Gasteiger partial charge in [-0.25, -0.2) is 0 Å². The highest BCUT2D eigenvalue weighted by molar-refractivity contribution is 6.30. The summed E-state index contributed by atoms with van der Waals surface area (Å²) in [5.41, 5.74) is 9.51. The molecule has 1 aliphatic rings. The summed E-state index contributed by atoms with van der Waals surface area (Å²) in [6.07, 6.45) is 9.07. The highest BCUT2D eigenvalue weighted by atomic mass is 15.2. The van der Waals surface area contributed by atoms with Gasteiger partial charge in [0.15, 0.2) is 0 Å². The smallest absolute Gasteiger partial charge is 0.0618 e. The summed E-state index contributed by atoms with van der Waals surface area (Å²) in [7, 11) is 0. The van der Waals surface area contributed by atoms with Gasteiger partial charge in [-0.1, -0.05) is 164 Å². The highest BCUT2D eigenvalue weighted by Crippen LogP contribution is 2.53. The van der Waals surface area contributed by atoms with E-state index in [1.807, 2.05) is 0 Å². The highest BCUT2D eigenvalue weighted by Gasteiger charge is 2.27. The van der Waals surface area contributed by atoms with E-state index in [0.717, 1.165) is 29.9 Å². The minimum Gasteiger partial charge on any atom is -0.310 e. The number of nitrogens with zero attached hydrogens (tertiary/aromatic N) is 2. The summed E-state index contributed by atoms with van der Waals surface area (Å²) < 4.78 is 0. The van der Waals surface area contributed by atoms with E-state index in [1.165, 1.54) is 71.3 Å². The number of benzene rings is 9. The molecule has 0 spiro atoms. The van der Waals surface area contributed by atoms with Gasteiger partial charge in [0.25, 0.3) is 0 Å². The molecular formula is C52H38N2. The van der Waals surface area contributed by atoms with Crippen molar-refractivity contribution < 1.29 is 0 Å². The van der Waals surface area contributed by atoms with Crippen molar-refractivity contribution in [3.05, 3.63) is 212 Å². The molecule has 0 heterocycles. The molecule has 0 aliphatic heterocycles. The summed E-state index contributed by atoms with van der Waals surface area (Å²) in [6.45, 7) is 0. The second-order valence-electron chi connectivity index (χ2n) is 13.9. The van der Waals surface area contributed by atoms with Gasteiger partial charge in [-0.15, -0.1) is 0 Å². The van der Waals surface area contributed by atoms with Crippen molar-refractivity contribution in [2.24, 2.45) is 0 Å². The third-order valence-electron chi connectivity index (χ3n) is 10.8. The number of hydrogen-bond donors (Lipinski definition) is 0. The van der Waals surface area contributed by atoms with Gasteiger partial charge in [0, 0.05) is 44.3 Å². The molecule has 9 aromatic carbocycles. The van der Waals surface area contributed by atoms with Gasteiger partial charge >= 0.3 is 0 Å². The maximum Gasteiger partial charge on any atom is 0.0618 e. The fourth-order valence-electron chi connectivity index (χ4n) is 8.54. The van der Waals surface area contributed by atoms with E-state index in [1.54, 1.807) is 0 Å². The first kappa shape index (κ1) is 31.8. The van der Waals surface area contributed by atoms with Gasteiger partial charge in [0.1, 0.15) is 0 Å². The molecule has 10 rings (SSSR count). The molecule has 0 amide bonds. The Kier molecular flexibility index (Phi) is 8.00. The molecular weight excluding hydrogens is 653 g/mol. The summed E-state index contributed by atoms with van der Waals surface area (Å²) in [5.74, 6) is 0. The predicted octanol–water partition coefficient (Wildman–Crippen LogP) is 14.8. The van der Waals surface area contributed by atoms with Gasteiger partial charge in [-0.05, 0) is 88.0 Å². The Labute approximate surface area is 316 Å². The van der Waals surface area contributed by atoms with Crippen molar-refractivity contribution in [3.63, 3.8) is 0 Å². The molecule has 0 N–H and O–H groups in total. The minimum absolute atomic E-state index is 1.02. The Balaban J connectivity index is 1.35. The second-order valence-corrected chi connectivity index (χ2v) is 13.9. The van der Waals surface area contributed by atoms with Crippen LogP contribution in [0.2, 0.25) is 0 Å². The van der Waals surface area contributed by atoms with Crippen LogP contribution in [-0.4, -0.2) is 0 Å². The van der Waals surface area contributed by atoms with Gasteiger partial charge < -0.3 is 9.80 Å². The third-order valence-corrected chi connectivity index (χ3v) is 10.8. The third kappa shape index (κ3) is 5.26. The summed E-state index contributed by atoms with van der Waals surface area (Å²) in [5, 5.41) is 9.79. The van der Waals surface area contributed by atoms with Crippen LogP contribution in [0.3, 0.4) is 0 Å². The normalized spacial score (nSPS) is 12.7. The molecule has 0 atom stereocenters. The van der Waals surface area contributed by atoms with Crippen LogP contribution < -0.4 is 9.80 Å². The number of fused-ring (bicyclic) bond motifs is 4. The van der Waals surface area contributed by atoms with Crippen molar-refractivity contribution in [2.75, 3.05) is 9.80 Å². The van der Waals surface area contributed by atoms with E-state index < -0.39 is 0 Å². The van der Waals surface area contributed by atoms with Gasteiger partial charge in [0.05, 0.1) is 11.4 Å². The SMILES string of the molecule is C1=CC(N(c2ccccc2)c2c3ccccc3c(-c3c4ccccc4c(N(c4ccccc4)c4ccccc4)c4ccccc34)c3ccccc23)=CCC1. The molecule has 2 nitrogen and oxygen atoms in total. The monoisotopic (exact) mass is 690 g/mol. The van der Waals surface area contributed by atoms with Crippen LogP contribution in [0.25, 0.3) is 54.2 Å². The first-order chi connectivity index (χ1) is 26.9. The van der Waals surface area contributed by atoms with E-state index in [2.05, 4.69) is 216 Å². The lowest BCUT2D eigenvalue weighted by Gasteiger charge is -2.32. The van der Waals surface area contributed by atoms with Crippen LogP contribution in [0.15, 0.2) is 212 Å². The standard InChI is InChI=1S/C52H38N2/c1-5-21-37(22-6-1)53(38-23-7-2-8-24-38)51-45-33-17-13-29-41(45)49(42-30-14-18-34-46(42)51)50-43-31-15-19-35-47(43)52(48-36-20-16-32-44(48)50)54(39-25-9-3-10-26-39)40-27-11-4-12-28-40/h1-3,5-11,13-36H,4,12H2. The maximum absolute atomic E-state index is 2.47. The molecule has 0 fully saturated rings. The molecule has 0 saturated heterocycles. The van der Waals surface area contributed by atoms with Crippen LogP contribution in [0.4, 0.5) is 28.4 Å². The summed E-state index contributed by atoms with van der Waals surface area (Å²) in [6, 6.07) is 68.4. The molecule has 0 aromatic heterocycles.